The first kappa shape index (κ1) is 11.9. The highest BCUT2D eigenvalue weighted by atomic mass is 16.5. The number of aromatic nitrogens is 2. The Hall–Kier alpha value is -1.20. The first-order chi connectivity index (χ1) is 7.13. The molecule has 1 unspecified atom stereocenters. The van der Waals surface area contributed by atoms with E-state index in [1.807, 2.05) is 0 Å². The summed E-state index contributed by atoms with van der Waals surface area (Å²) in [5.41, 5.74) is 6.30. The van der Waals surface area contributed by atoms with Crippen LogP contribution in [-0.4, -0.2) is 28.3 Å². The highest BCUT2D eigenvalue weighted by molar-refractivity contribution is 5.11. The van der Waals surface area contributed by atoms with Crippen molar-refractivity contribution in [2.45, 2.75) is 19.9 Å². The lowest BCUT2D eigenvalue weighted by atomic mass is 10.2. The Morgan fingerprint density at radius 1 is 1.40 bits per heavy atom. The number of rotatable bonds is 5. The minimum absolute atomic E-state index is 0.116. The zero-order valence-electron chi connectivity index (χ0n) is 9.05. The number of hydrogen-bond acceptors (Lipinski definition) is 5. The van der Waals surface area contributed by atoms with Crippen LogP contribution in [0.2, 0.25) is 0 Å². The van der Waals surface area contributed by atoms with Crippen LogP contribution in [0.1, 0.15) is 25.5 Å². The normalized spacial score (nSPS) is 12.9. The van der Waals surface area contributed by atoms with Crippen molar-refractivity contribution >= 4 is 0 Å². The molecule has 0 aliphatic heterocycles. The number of ether oxygens (including phenoxy) is 1. The van der Waals surface area contributed by atoms with Crippen LogP contribution in [0.3, 0.4) is 0 Å². The molecule has 0 fully saturated rings. The molecular formula is C10H17N3O2. The maximum Gasteiger partial charge on any atom is 0.316 e. The Morgan fingerprint density at radius 2 is 2.00 bits per heavy atom. The molecule has 1 aromatic rings. The Balaban J connectivity index is 2.56. The van der Waals surface area contributed by atoms with Crippen LogP contribution in [0.4, 0.5) is 0 Å². The number of aliphatic hydroxyl groups excluding tert-OH is 1. The zero-order valence-corrected chi connectivity index (χ0v) is 9.05. The monoisotopic (exact) mass is 211 g/mol. The van der Waals surface area contributed by atoms with Gasteiger partial charge in [-0.05, 0) is 5.92 Å². The summed E-state index contributed by atoms with van der Waals surface area (Å²) in [5.74, 6) is 0.438. The van der Waals surface area contributed by atoms with E-state index in [2.05, 4.69) is 23.8 Å². The predicted octanol–water partition coefficient (Wildman–Crippen LogP) is 0.503. The maximum atomic E-state index is 8.82. The van der Waals surface area contributed by atoms with Gasteiger partial charge in [-0.15, -0.1) is 0 Å². The zero-order chi connectivity index (χ0) is 11.3. The molecule has 1 heterocycles. The van der Waals surface area contributed by atoms with Crippen molar-refractivity contribution in [1.82, 2.24) is 9.97 Å². The summed E-state index contributed by atoms with van der Waals surface area (Å²) >= 11 is 0. The van der Waals surface area contributed by atoms with Gasteiger partial charge in [0, 0.05) is 18.0 Å². The van der Waals surface area contributed by atoms with Gasteiger partial charge in [-0.1, -0.05) is 13.8 Å². The van der Waals surface area contributed by atoms with Crippen LogP contribution < -0.4 is 10.5 Å². The minimum atomic E-state index is -0.427. The third-order valence-electron chi connectivity index (χ3n) is 1.82. The van der Waals surface area contributed by atoms with Crippen molar-refractivity contribution in [2.24, 2.45) is 11.7 Å². The minimum Gasteiger partial charge on any atom is -0.463 e. The Morgan fingerprint density at radius 3 is 2.47 bits per heavy atom. The van der Waals surface area contributed by atoms with Crippen LogP contribution in [0.25, 0.3) is 0 Å². The highest BCUT2D eigenvalue weighted by Gasteiger charge is 2.06. The molecule has 0 spiro atoms. The van der Waals surface area contributed by atoms with E-state index in [-0.39, 0.29) is 6.61 Å². The van der Waals surface area contributed by atoms with Gasteiger partial charge in [-0.3, -0.25) is 0 Å². The van der Waals surface area contributed by atoms with Gasteiger partial charge >= 0.3 is 6.01 Å². The summed E-state index contributed by atoms with van der Waals surface area (Å²) in [5, 5.41) is 8.82. The van der Waals surface area contributed by atoms with Crippen molar-refractivity contribution in [3.8, 4) is 6.01 Å². The van der Waals surface area contributed by atoms with Gasteiger partial charge in [0.1, 0.15) is 0 Å². The fourth-order valence-electron chi connectivity index (χ4n) is 0.939. The van der Waals surface area contributed by atoms with Gasteiger partial charge in [-0.2, -0.15) is 0 Å². The summed E-state index contributed by atoms with van der Waals surface area (Å²) in [4.78, 5) is 7.99. The van der Waals surface area contributed by atoms with Crippen LogP contribution in [0.5, 0.6) is 6.01 Å². The number of hydrogen-bond donors (Lipinski definition) is 2. The van der Waals surface area contributed by atoms with Gasteiger partial charge in [0.25, 0.3) is 0 Å². The first-order valence-electron chi connectivity index (χ1n) is 4.94. The molecule has 0 amide bonds. The van der Waals surface area contributed by atoms with E-state index >= 15 is 0 Å². The molecular weight excluding hydrogens is 194 g/mol. The molecule has 5 heteroatoms. The molecule has 0 aliphatic rings. The molecule has 0 radical (unpaired) electrons. The lowest BCUT2D eigenvalue weighted by Crippen LogP contribution is -2.15. The third-order valence-corrected chi connectivity index (χ3v) is 1.82. The standard InChI is InChI=1S/C10H17N3O2/c1-7(2)6-15-10-12-3-8(4-13-10)9(11)5-14/h3-4,7,9,14H,5-6,11H2,1-2H3. The molecule has 0 aromatic carbocycles. The lowest BCUT2D eigenvalue weighted by Gasteiger charge is -2.09. The van der Waals surface area contributed by atoms with E-state index in [0.717, 1.165) is 0 Å². The van der Waals surface area contributed by atoms with E-state index in [1.165, 1.54) is 0 Å². The second-order valence-corrected chi connectivity index (χ2v) is 3.79. The molecule has 0 saturated carbocycles. The van der Waals surface area contributed by atoms with E-state index in [1.54, 1.807) is 12.4 Å². The fourth-order valence-corrected chi connectivity index (χ4v) is 0.939. The van der Waals surface area contributed by atoms with Crippen LogP contribution in [0.15, 0.2) is 12.4 Å². The summed E-state index contributed by atoms with van der Waals surface area (Å²) in [7, 11) is 0. The quantitative estimate of drug-likeness (QED) is 0.741. The Labute approximate surface area is 89.3 Å². The molecule has 5 nitrogen and oxygen atoms in total. The average Bonchev–Trinajstić information content (AvgIpc) is 2.26. The van der Waals surface area contributed by atoms with Crippen molar-refractivity contribution in [2.75, 3.05) is 13.2 Å². The third kappa shape index (κ3) is 3.81. The summed E-state index contributed by atoms with van der Waals surface area (Å²) in [6.45, 7) is 4.58. The topological polar surface area (TPSA) is 81.3 Å². The SMILES string of the molecule is CC(C)COc1ncc(C(N)CO)cn1. The van der Waals surface area contributed by atoms with Crippen LogP contribution in [-0.2, 0) is 0 Å². The molecule has 3 N–H and O–H groups in total. The summed E-state index contributed by atoms with van der Waals surface area (Å²) < 4.78 is 5.31. The molecule has 1 rings (SSSR count). The summed E-state index contributed by atoms with van der Waals surface area (Å²) in [6.07, 6.45) is 3.15. The lowest BCUT2D eigenvalue weighted by molar-refractivity contribution is 0.248. The predicted molar refractivity (Wildman–Crippen MR) is 56.4 cm³/mol. The fraction of sp³-hybridized carbons (Fsp3) is 0.600. The van der Waals surface area contributed by atoms with Gasteiger partial charge in [0.15, 0.2) is 0 Å². The van der Waals surface area contributed by atoms with E-state index in [9.17, 15) is 0 Å². The number of nitrogens with two attached hydrogens (primary N) is 1. The van der Waals surface area contributed by atoms with Crippen molar-refractivity contribution in [1.29, 1.82) is 0 Å². The van der Waals surface area contributed by atoms with Crippen LogP contribution >= 0.6 is 0 Å². The average molecular weight is 211 g/mol. The van der Waals surface area contributed by atoms with Gasteiger partial charge in [0.2, 0.25) is 0 Å². The molecule has 15 heavy (non-hydrogen) atoms. The largest absolute Gasteiger partial charge is 0.463 e. The van der Waals surface area contributed by atoms with Gasteiger partial charge in [0.05, 0.1) is 19.3 Å². The van der Waals surface area contributed by atoms with Crippen LogP contribution in [0, 0.1) is 5.92 Å². The number of nitrogens with zero attached hydrogens (tertiary/aromatic N) is 2. The molecule has 84 valence electrons. The highest BCUT2D eigenvalue weighted by Crippen LogP contribution is 2.09. The van der Waals surface area contributed by atoms with Gasteiger partial charge < -0.3 is 15.6 Å². The smallest absolute Gasteiger partial charge is 0.316 e. The van der Waals surface area contributed by atoms with Crippen molar-refractivity contribution < 1.29 is 9.84 Å². The molecule has 0 bridgehead atoms. The first-order valence-corrected chi connectivity index (χ1v) is 4.94. The van der Waals surface area contributed by atoms with Gasteiger partial charge in [-0.25, -0.2) is 9.97 Å². The second kappa shape index (κ2) is 5.63. The van der Waals surface area contributed by atoms with Crippen molar-refractivity contribution in [3.63, 3.8) is 0 Å². The number of aliphatic hydroxyl groups is 1. The molecule has 0 saturated heterocycles. The Bertz CT molecular complexity index is 287. The molecule has 1 atom stereocenters. The molecule has 1 aromatic heterocycles. The van der Waals surface area contributed by atoms with E-state index < -0.39 is 6.04 Å². The van der Waals surface area contributed by atoms with E-state index in [4.69, 9.17) is 15.6 Å². The molecule has 0 aliphatic carbocycles. The Kier molecular flexibility index (Phi) is 4.45. The van der Waals surface area contributed by atoms with E-state index in [0.29, 0.717) is 24.1 Å². The maximum absolute atomic E-state index is 8.82. The van der Waals surface area contributed by atoms with Crippen molar-refractivity contribution in [3.05, 3.63) is 18.0 Å². The summed E-state index contributed by atoms with van der Waals surface area (Å²) in [6, 6.07) is -0.0817. The second-order valence-electron chi connectivity index (χ2n) is 3.79.